The molecular weight excluding hydrogens is 368 g/mol. The van der Waals surface area contributed by atoms with Crippen LogP contribution >= 0.6 is 0 Å². The van der Waals surface area contributed by atoms with Crippen LogP contribution < -0.4 is 5.32 Å². The first-order valence-electron chi connectivity index (χ1n) is 10.2. The van der Waals surface area contributed by atoms with Crippen LogP contribution in [0, 0.1) is 6.92 Å². The van der Waals surface area contributed by atoms with E-state index in [1.165, 1.54) is 0 Å². The van der Waals surface area contributed by atoms with Crippen molar-refractivity contribution in [1.29, 1.82) is 0 Å². The molecule has 1 aliphatic heterocycles. The molecule has 0 spiro atoms. The highest BCUT2D eigenvalue weighted by Crippen LogP contribution is 2.09. The Bertz CT molecular complexity index is 816. The van der Waals surface area contributed by atoms with Crippen LogP contribution in [-0.2, 0) is 19.5 Å². The molecule has 1 saturated heterocycles. The van der Waals surface area contributed by atoms with Crippen molar-refractivity contribution in [2.75, 3.05) is 39.3 Å². The molecule has 3 heterocycles. The number of nitrogens with one attached hydrogen (secondary N) is 1. The summed E-state index contributed by atoms with van der Waals surface area (Å²) in [6.45, 7) is 16.8. The summed E-state index contributed by atoms with van der Waals surface area (Å²) in [5.41, 5.74) is 2.04. The van der Waals surface area contributed by atoms with Crippen molar-refractivity contribution in [3.05, 3.63) is 41.8 Å². The normalized spacial score (nSPS) is 15.7. The number of aryl methyl sites for hydroxylation is 2. The van der Waals surface area contributed by atoms with E-state index in [0.717, 1.165) is 81.0 Å². The summed E-state index contributed by atoms with van der Waals surface area (Å²) >= 11 is 0. The predicted octanol–water partition coefficient (Wildman–Crippen LogP) is 1.48. The van der Waals surface area contributed by atoms with E-state index in [2.05, 4.69) is 48.5 Å². The molecule has 3 rings (SSSR count). The fraction of sp³-hybridized carbons (Fsp3) is 0.600. The summed E-state index contributed by atoms with van der Waals surface area (Å²) in [5, 5.41) is 15.8. The highest BCUT2D eigenvalue weighted by molar-refractivity contribution is 5.80. The minimum absolute atomic E-state index is 0.633. The zero-order valence-electron chi connectivity index (χ0n) is 17.8. The zero-order valence-corrected chi connectivity index (χ0v) is 17.8. The lowest BCUT2D eigenvalue weighted by Gasteiger charge is -2.36. The second-order valence-corrected chi connectivity index (χ2v) is 7.51. The molecule has 1 N–H and O–H groups in total. The molecule has 29 heavy (non-hydrogen) atoms. The van der Waals surface area contributed by atoms with Gasteiger partial charge in [0, 0.05) is 58.3 Å². The lowest BCUT2D eigenvalue weighted by atomic mass is 10.3. The Hall–Kier alpha value is -2.68. The van der Waals surface area contributed by atoms with Crippen molar-refractivity contribution in [3.63, 3.8) is 0 Å². The Labute approximate surface area is 172 Å². The van der Waals surface area contributed by atoms with Crippen LogP contribution in [0.1, 0.15) is 31.1 Å². The lowest BCUT2D eigenvalue weighted by Crippen LogP contribution is -2.52. The van der Waals surface area contributed by atoms with E-state index in [4.69, 9.17) is 9.52 Å². The van der Waals surface area contributed by atoms with Gasteiger partial charge in [0.1, 0.15) is 17.9 Å². The minimum Gasteiger partial charge on any atom is -0.361 e. The third-order valence-electron chi connectivity index (χ3n) is 4.88. The summed E-state index contributed by atoms with van der Waals surface area (Å²) in [7, 11) is 0. The molecular formula is C20H32N8O. The Morgan fingerprint density at radius 3 is 2.76 bits per heavy atom. The van der Waals surface area contributed by atoms with E-state index in [9.17, 15) is 0 Å². The number of hydrogen-bond acceptors (Lipinski definition) is 6. The Morgan fingerprint density at radius 1 is 1.31 bits per heavy atom. The van der Waals surface area contributed by atoms with Crippen molar-refractivity contribution in [3.8, 4) is 0 Å². The van der Waals surface area contributed by atoms with Crippen LogP contribution in [0.3, 0.4) is 0 Å². The van der Waals surface area contributed by atoms with Crippen molar-refractivity contribution in [1.82, 2.24) is 35.0 Å². The van der Waals surface area contributed by atoms with Gasteiger partial charge in [-0.1, -0.05) is 24.2 Å². The lowest BCUT2D eigenvalue weighted by molar-refractivity contribution is 0.169. The fourth-order valence-corrected chi connectivity index (χ4v) is 3.34. The second kappa shape index (κ2) is 10.2. The van der Waals surface area contributed by atoms with Crippen molar-refractivity contribution in [2.45, 2.75) is 40.3 Å². The van der Waals surface area contributed by atoms with Crippen LogP contribution in [0.4, 0.5) is 0 Å². The van der Waals surface area contributed by atoms with Gasteiger partial charge in [-0.05, 0) is 13.8 Å². The molecule has 2 aromatic rings. The maximum atomic E-state index is 5.18. The van der Waals surface area contributed by atoms with Gasteiger partial charge in [0.05, 0.1) is 12.2 Å². The Morgan fingerprint density at radius 2 is 2.10 bits per heavy atom. The minimum atomic E-state index is 0.633. The smallest absolute Gasteiger partial charge is 0.194 e. The van der Waals surface area contributed by atoms with Gasteiger partial charge in [-0.3, -0.25) is 4.90 Å². The largest absolute Gasteiger partial charge is 0.361 e. The quantitative estimate of drug-likeness (QED) is 0.408. The van der Waals surface area contributed by atoms with E-state index >= 15 is 0 Å². The van der Waals surface area contributed by atoms with E-state index in [1.807, 2.05) is 19.9 Å². The molecule has 1 aliphatic rings. The summed E-state index contributed by atoms with van der Waals surface area (Å²) in [5.74, 6) is 2.80. The number of piperazine rings is 1. The van der Waals surface area contributed by atoms with E-state index in [1.54, 1.807) is 6.33 Å². The summed E-state index contributed by atoms with van der Waals surface area (Å²) in [6, 6.07) is 2.00. The number of guanidine groups is 1. The monoisotopic (exact) mass is 400 g/mol. The van der Waals surface area contributed by atoms with E-state index < -0.39 is 0 Å². The SMILES string of the molecule is C=C(C)CN=C(NCCn1cnnc1CC)N1CCN(Cc2cc(C)on2)CC1. The average molecular weight is 401 g/mol. The number of aliphatic imine (C=N–C) groups is 1. The molecule has 158 valence electrons. The van der Waals surface area contributed by atoms with Gasteiger partial charge in [-0.25, -0.2) is 4.99 Å². The number of nitrogens with zero attached hydrogens (tertiary/aromatic N) is 7. The molecule has 0 unspecified atom stereocenters. The van der Waals surface area contributed by atoms with Crippen LogP contribution in [0.15, 0.2) is 34.1 Å². The fourth-order valence-electron chi connectivity index (χ4n) is 3.34. The van der Waals surface area contributed by atoms with Gasteiger partial charge in [0.2, 0.25) is 0 Å². The van der Waals surface area contributed by atoms with Gasteiger partial charge in [-0.15, -0.1) is 10.2 Å². The molecule has 0 amide bonds. The van der Waals surface area contributed by atoms with Crippen LogP contribution in [0.5, 0.6) is 0 Å². The Kier molecular flexibility index (Phi) is 7.40. The van der Waals surface area contributed by atoms with Gasteiger partial charge >= 0.3 is 0 Å². The second-order valence-electron chi connectivity index (χ2n) is 7.51. The highest BCUT2D eigenvalue weighted by atomic mass is 16.5. The van der Waals surface area contributed by atoms with Crippen molar-refractivity contribution < 1.29 is 4.52 Å². The zero-order chi connectivity index (χ0) is 20.6. The maximum Gasteiger partial charge on any atom is 0.194 e. The van der Waals surface area contributed by atoms with Gasteiger partial charge < -0.3 is 19.3 Å². The predicted molar refractivity (Wildman–Crippen MR) is 113 cm³/mol. The first kappa shape index (κ1) is 21.0. The average Bonchev–Trinajstić information content (AvgIpc) is 3.33. The molecule has 2 aromatic heterocycles. The summed E-state index contributed by atoms with van der Waals surface area (Å²) in [6.07, 6.45) is 2.67. The number of hydrogen-bond donors (Lipinski definition) is 1. The van der Waals surface area contributed by atoms with Crippen molar-refractivity contribution in [2.24, 2.45) is 4.99 Å². The van der Waals surface area contributed by atoms with Crippen LogP contribution in [0.2, 0.25) is 0 Å². The number of rotatable bonds is 8. The molecule has 0 bridgehead atoms. The summed E-state index contributed by atoms with van der Waals surface area (Å²) in [4.78, 5) is 9.48. The van der Waals surface area contributed by atoms with E-state index in [-0.39, 0.29) is 0 Å². The molecule has 0 radical (unpaired) electrons. The molecule has 0 aromatic carbocycles. The number of aromatic nitrogens is 4. The van der Waals surface area contributed by atoms with E-state index in [0.29, 0.717) is 6.54 Å². The summed E-state index contributed by atoms with van der Waals surface area (Å²) < 4.78 is 7.26. The van der Waals surface area contributed by atoms with Crippen LogP contribution in [0.25, 0.3) is 0 Å². The molecule has 0 atom stereocenters. The molecule has 0 saturated carbocycles. The third kappa shape index (κ3) is 6.15. The van der Waals surface area contributed by atoms with Crippen molar-refractivity contribution >= 4 is 5.96 Å². The van der Waals surface area contributed by atoms with Crippen LogP contribution in [-0.4, -0.2) is 74.9 Å². The van der Waals surface area contributed by atoms with Gasteiger partial charge in [-0.2, -0.15) is 0 Å². The first-order valence-corrected chi connectivity index (χ1v) is 10.2. The van der Waals surface area contributed by atoms with Gasteiger partial charge in [0.15, 0.2) is 5.96 Å². The maximum absolute atomic E-state index is 5.18. The first-order chi connectivity index (χ1) is 14.0. The Balaban J connectivity index is 1.53. The standard InChI is InChI=1S/C20H32N8O/c1-5-19-24-23-15-28(19)7-6-21-20(22-13-16(2)3)27-10-8-26(9-11-27)14-18-12-17(4)29-25-18/h12,15H,2,5-11,13-14H2,1,3-4H3,(H,21,22). The topological polar surface area (TPSA) is 87.6 Å². The molecule has 0 aliphatic carbocycles. The molecule has 9 heteroatoms. The highest BCUT2D eigenvalue weighted by Gasteiger charge is 2.20. The molecule has 1 fully saturated rings. The third-order valence-corrected chi connectivity index (χ3v) is 4.88. The van der Waals surface area contributed by atoms with Gasteiger partial charge in [0.25, 0.3) is 0 Å². The molecule has 9 nitrogen and oxygen atoms in total.